The molecule has 0 amide bonds. The van der Waals surface area contributed by atoms with Crippen LogP contribution >= 0.6 is 0 Å². The number of aliphatic hydroxyl groups excluding tert-OH is 1. The number of hydrogen-bond donors (Lipinski definition) is 2. The van der Waals surface area contributed by atoms with Crippen molar-refractivity contribution in [3.63, 3.8) is 0 Å². The SMILES string of the molecule is Cc1ccc(N(CCO)CC(F)(F)F)c(CNC2CC2)c1. The van der Waals surface area contributed by atoms with Gasteiger partial charge in [0.25, 0.3) is 0 Å². The molecule has 2 rings (SSSR count). The highest BCUT2D eigenvalue weighted by Crippen LogP contribution is 2.27. The van der Waals surface area contributed by atoms with E-state index in [4.69, 9.17) is 5.11 Å². The Kier molecular flexibility index (Phi) is 5.11. The minimum atomic E-state index is -4.29. The molecule has 0 aliphatic heterocycles. The lowest BCUT2D eigenvalue weighted by molar-refractivity contribution is -0.119. The Balaban J connectivity index is 2.19. The Morgan fingerprint density at radius 3 is 2.62 bits per heavy atom. The molecule has 1 fully saturated rings. The van der Waals surface area contributed by atoms with Crippen LogP contribution in [0.4, 0.5) is 18.9 Å². The molecule has 6 heteroatoms. The van der Waals surface area contributed by atoms with E-state index in [0.717, 1.165) is 24.0 Å². The van der Waals surface area contributed by atoms with Crippen molar-refractivity contribution in [1.82, 2.24) is 5.32 Å². The molecule has 0 unspecified atom stereocenters. The van der Waals surface area contributed by atoms with Crippen LogP contribution in [0.1, 0.15) is 24.0 Å². The molecule has 0 heterocycles. The van der Waals surface area contributed by atoms with Gasteiger partial charge in [0.2, 0.25) is 0 Å². The van der Waals surface area contributed by atoms with Crippen molar-refractivity contribution in [2.75, 3.05) is 24.6 Å². The summed E-state index contributed by atoms with van der Waals surface area (Å²) >= 11 is 0. The van der Waals surface area contributed by atoms with Gasteiger partial charge in [-0.2, -0.15) is 13.2 Å². The summed E-state index contributed by atoms with van der Waals surface area (Å²) in [7, 11) is 0. The highest BCUT2D eigenvalue weighted by Gasteiger charge is 2.31. The number of aliphatic hydroxyl groups is 1. The molecule has 1 aromatic rings. The molecule has 0 radical (unpaired) electrons. The Hall–Kier alpha value is -1.27. The van der Waals surface area contributed by atoms with E-state index in [2.05, 4.69) is 5.32 Å². The second-order valence-electron chi connectivity index (χ2n) is 5.55. The fourth-order valence-electron chi connectivity index (χ4n) is 2.33. The molecule has 21 heavy (non-hydrogen) atoms. The van der Waals surface area contributed by atoms with Gasteiger partial charge in [-0.25, -0.2) is 0 Å². The summed E-state index contributed by atoms with van der Waals surface area (Å²) in [5.41, 5.74) is 2.40. The quantitative estimate of drug-likeness (QED) is 0.813. The van der Waals surface area contributed by atoms with E-state index < -0.39 is 12.7 Å². The molecule has 1 aliphatic carbocycles. The summed E-state index contributed by atoms with van der Waals surface area (Å²) in [4.78, 5) is 1.20. The summed E-state index contributed by atoms with van der Waals surface area (Å²) in [6.07, 6.45) is -2.03. The summed E-state index contributed by atoms with van der Waals surface area (Å²) in [6.45, 7) is 1.09. The van der Waals surface area contributed by atoms with Crippen molar-refractivity contribution in [2.24, 2.45) is 0 Å². The van der Waals surface area contributed by atoms with Crippen LogP contribution in [-0.4, -0.2) is 37.0 Å². The lowest BCUT2D eigenvalue weighted by Crippen LogP contribution is -2.37. The van der Waals surface area contributed by atoms with Crippen molar-refractivity contribution in [3.05, 3.63) is 29.3 Å². The summed E-state index contributed by atoms with van der Waals surface area (Å²) in [5.74, 6) is 0. The van der Waals surface area contributed by atoms with Gasteiger partial charge in [-0.15, -0.1) is 0 Å². The summed E-state index contributed by atoms with van der Waals surface area (Å²) in [6, 6.07) is 5.91. The Morgan fingerprint density at radius 2 is 2.05 bits per heavy atom. The predicted octanol–water partition coefficient (Wildman–Crippen LogP) is 2.61. The maximum absolute atomic E-state index is 12.7. The van der Waals surface area contributed by atoms with Crippen molar-refractivity contribution in [1.29, 1.82) is 0 Å². The van der Waals surface area contributed by atoms with Gasteiger partial charge in [0.05, 0.1) is 6.61 Å². The number of alkyl halides is 3. The number of anilines is 1. The first-order valence-corrected chi connectivity index (χ1v) is 7.14. The number of halogens is 3. The first kappa shape index (κ1) is 16.1. The van der Waals surface area contributed by atoms with Gasteiger partial charge in [0.1, 0.15) is 6.54 Å². The van der Waals surface area contributed by atoms with E-state index in [1.165, 1.54) is 4.90 Å². The number of hydrogen-bond acceptors (Lipinski definition) is 3. The monoisotopic (exact) mass is 302 g/mol. The molecule has 118 valence electrons. The molecule has 1 aromatic carbocycles. The molecule has 2 N–H and O–H groups in total. The zero-order valence-corrected chi connectivity index (χ0v) is 12.1. The summed E-state index contributed by atoms with van der Waals surface area (Å²) < 4.78 is 38.1. The zero-order chi connectivity index (χ0) is 15.5. The minimum absolute atomic E-state index is 0.0288. The average molecular weight is 302 g/mol. The smallest absolute Gasteiger partial charge is 0.395 e. The van der Waals surface area contributed by atoms with Crippen LogP contribution in [0.3, 0.4) is 0 Å². The Morgan fingerprint density at radius 1 is 1.33 bits per heavy atom. The van der Waals surface area contributed by atoms with E-state index in [0.29, 0.717) is 18.3 Å². The third-order valence-electron chi connectivity index (χ3n) is 3.47. The minimum Gasteiger partial charge on any atom is -0.395 e. The van der Waals surface area contributed by atoms with Gasteiger partial charge in [0.15, 0.2) is 0 Å². The summed E-state index contributed by atoms with van der Waals surface area (Å²) in [5, 5.41) is 12.4. The van der Waals surface area contributed by atoms with Crippen LogP contribution in [0.2, 0.25) is 0 Å². The Bertz CT molecular complexity index is 472. The molecule has 3 nitrogen and oxygen atoms in total. The van der Waals surface area contributed by atoms with Crippen LogP contribution < -0.4 is 10.2 Å². The van der Waals surface area contributed by atoms with E-state index in [1.54, 1.807) is 12.1 Å². The number of aryl methyl sites for hydroxylation is 1. The van der Waals surface area contributed by atoms with Crippen LogP contribution in [-0.2, 0) is 6.54 Å². The molecule has 0 aromatic heterocycles. The van der Waals surface area contributed by atoms with Gasteiger partial charge in [-0.3, -0.25) is 0 Å². The van der Waals surface area contributed by atoms with Gasteiger partial charge in [-0.1, -0.05) is 17.7 Å². The predicted molar refractivity (Wildman–Crippen MR) is 76.4 cm³/mol. The largest absolute Gasteiger partial charge is 0.405 e. The molecule has 0 saturated heterocycles. The van der Waals surface area contributed by atoms with Crippen LogP contribution in [0.5, 0.6) is 0 Å². The van der Waals surface area contributed by atoms with Crippen LogP contribution in [0, 0.1) is 6.92 Å². The van der Waals surface area contributed by atoms with Crippen molar-refractivity contribution in [2.45, 2.75) is 38.5 Å². The second kappa shape index (κ2) is 6.66. The maximum atomic E-state index is 12.7. The molecule has 1 aliphatic rings. The fourth-order valence-corrected chi connectivity index (χ4v) is 2.33. The van der Waals surface area contributed by atoms with E-state index in [1.807, 2.05) is 13.0 Å². The third kappa shape index (κ3) is 5.21. The molecular formula is C15H21F3N2O. The highest BCUT2D eigenvalue weighted by molar-refractivity contribution is 5.55. The maximum Gasteiger partial charge on any atom is 0.405 e. The molecule has 0 bridgehead atoms. The first-order chi connectivity index (χ1) is 9.89. The van der Waals surface area contributed by atoms with Crippen molar-refractivity contribution < 1.29 is 18.3 Å². The average Bonchev–Trinajstić information content (AvgIpc) is 3.18. The number of nitrogens with zero attached hydrogens (tertiary/aromatic N) is 1. The van der Waals surface area contributed by atoms with Crippen LogP contribution in [0.15, 0.2) is 18.2 Å². The van der Waals surface area contributed by atoms with Gasteiger partial charge >= 0.3 is 6.18 Å². The third-order valence-corrected chi connectivity index (χ3v) is 3.47. The second-order valence-corrected chi connectivity index (χ2v) is 5.55. The van der Waals surface area contributed by atoms with Crippen molar-refractivity contribution >= 4 is 5.69 Å². The molecule has 0 spiro atoms. The zero-order valence-electron chi connectivity index (χ0n) is 12.1. The lowest BCUT2D eigenvalue weighted by Gasteiger charge is -2.28. The van der Waals surface area contributed by atoms with Gasteiger partial charge < -0.3 is 15.3 Å². The topological polar surface area (TPSA) is 35.5 Å². The molecule has 1 saturated carbocycles. The van der Waals surface area contributed by atoms with Gasteiger partial charge in [0, 0.05) is 24.8 Å². The normalized spacial score (nSPS) is 15.3. The van der Waals surface area contributed by atoms with Crippen molar-refractivity contribution in [3.8, 4) is 0 Å². The fraction of sp³-hybridized carbons (Fsp3) is 0.600. The standard InChI is InChI=1S/C15H21F3N2O/c1-11-2-5-14(12(8-11)9-19-13-3-4-13)20(6-7-21)10-15(16,17)18/h2,5,8,13,19,21H,3-4,6-7,9-10H2,1H3. The van der Waals surface area contributed by atoms with E-state index in [-0.39, 0.29) is 13.2 Å². The van der Waals surface area contributed by atoms with E-state index in [9.17, 15) is 13.2 Å². The molecule has 0 atom stereocenters. The number of benzene rings is 1. The number of rotatable bonds is 7. The first-order valence-electron chi connectivity index (χ1n) is 7.14. The molecular weight excluding hydrogens is 281 g/mol. The van der Waals surface area contributed by atoms with Gasteiger partial charge in [-0.05, 0) is 31.4 Å². The lowest BCUT2D eigenvalue weighted by atomic mass is 10.1. The van der Waals surface area contributed by atoms with E-state index >= 15 is 0 Å². The van der Waals surface area contributed by atoms with Crippen LogP contribution in [0.25, 0.3) is 0 Å². The Labute approximate surface area is 122 Å². The number of nitrogens with one attached hydrogen (secondary N) is 1. The highest BCUT2D eigenvalue weighted by atomic mass is 19.4.